The highest BCUT2D eigenvalue weighted by molar-refractivity contribution is 5.89. The molecule has 0 bridgehead atoms. The van der Waals surface area contributed by atoms with E-state index in [9.17, 15) is 19.5 Å². The Hall–Kier alpha value is -1.59. The molecule has 1 atom stereocenters. The molecule has 0 saturated carbocycles. The summed E-state index contributed by atoms with van der Waals surface area (Å²) in [5.41, 5.74) is -1.06. The van der Waals surface area contributed by atoms with Gasteiger partial charge in [-0.2, -0.15) is 0 Å². The van der Waals surface area contributed by atoms with Gasteiger partial charge in [-0.15, -0.1) is 0 Å². The molecule has 0 aromatic carbocycles. The van der Waals surface area contributed by atoms with Gasteiger partial charge in [-0.3, -0.25) is 14.4 Å². The number of hydrogen-bond donors (Lipinski definition) is 2. The van der Waals surface area contributed by atoms with E-state index in [1.54, 1.807) is 4.90 Å². The zero-order valence-electron chi connectivity index (χ0n) is 15.6. The van der Waals surface area contributed by atoms with E-state index >= 15 is 0 Å². The fraction of sp³-hybridized carbons (Fsp3) is 0.833. The summed E-state index contributed by atoms with van der Waals surface area (Å²) in [6.45, 7) is 10.3. The summed E-state index contributed by atoms with van der Waals surface area (Å²) in [6, 6.07) is -0.472. The number of hydrogen-bond acceptors (Lipinski definition) is 3. The molecule has 6 nitrogen and oxygen atoms in total. The molecule has 0 radical (unpaired) electrons. The third kappa shape index (κ3) is 4.95. The molecule has 0 aromatic heterocycles. The molecular formula is C18H32N2O4. The third-order valence-electron chi connectivity index (χ3n) is 4.97. The van der Waals surface area contributed by atoms with Crippen molar-refractivity contribution in [3.05, 3.63) is 0 Å². The Morgan fingerprint density at radius 3 is 2.21 bits per heavy atom. The summed E-state index contributed by atoms with van der Waals surface area (Å²) in [4.78, 5) is 38.2. The first kappa shape index (κ1) is 20.5. The Kier molecular flexibility index (Phi) is 6.81. The number of likely N-dealkylation sites (tertiary alicyclic amines) is 1. The van der Waals surface area contributed by atoms with E-state index < -0.39 is 17.4 Å². The van der Waals surface area contributed by atoms with Crippen molar-refractivity contribution in [1.29, 1.82) is 0 Å². The van der Waals surface area contributed by atoms with Crippen LogP contribution in [0.5, 0.6) is 0 Å². The van der Waals surface area contributed by atoms with Crippen molar-refractivity contribution in [3.8, 4) is 0 Å². The number of carboxylic acid groups (broad SMARTS) is 1. The van der Waals surface area contributed by atoms with E-state index in [4.69, 9.17) is 0 Å². The first-order valence-electron chi connectivity index (χ1n) is 8.87. The molecule has 1 fully saturated rings. The minimum Gasteiger partial charge on any atom is -0.481 e. The fourth-order valence-electron chi connectivity index (χ4n) is 3.15. The molecule has 6 heteroatoms. The number of aliphatic carboxylic acids is 1. The monoisotopic (exact) mass is 340 g/mol. The second-order valence-electron chi connectivity index (χ2n) is 7.99. The smallest absolute Gasteiger partial charge is 0.311 e. The van der Waals surface area contributed by atoms with Crippen LogP contribution in [0.25, 0.3) is 0 Å². The summed E-state index contributed by atoms with van der Waals surface area (Å²) in [7, 11) is 0. The van der Waals surface area contributed by atoms with Gasteiger partial charge in [0.2, 0.25) is 11.8 Å². The van der Waals surface area contributed by atoms with Crippen LogP contribution in [0.3, 0.4) is 0 Å². The summed E-state index contributed by atoms with van der Waals surface area (Å²) in [6.07, 6.45) is 2.76. The number of nitrogens with zero attached hydrogens (tertiary/aromatic N) is 1. The predicted molar refractivity (Wildman–Crippen MR) is 92.5 cm³/mol. The normalized spacial score (nSPS) is 18.5. The zero-order valence-corrected chi connectivity index (χ0v) is 15.6. The lowest BCUT2D eigenvalue weighted by atomic mass is 9.82. The van der Waals surface area contributed by atoms with Crippen molar-refractivity contribution in [2.75, 3.05) is 13.1 Å². The van der Waals surface area contributed by atoms with Gasteiger partial charge in [-0.1, -0.05) is 34.6 Å². The number of rotatable bonds is 7. The zero-order chi connectivity index (χ0) is 18.5. The van der Waals surface area contributed by atoms with E-state index in [-0.39, 0.29) is 23.8 Å². The van der Waals surface area contributed by atoms with E-state index in [0.717, 1.165) is 6.42 Å². The molecule has 1 saturated heterocycles. The van der Waals surface area contributed by atoms with Gasteiger partial charge in [0.25, 0.3) is 0 Å². The third-order valence-corrected chi connectivity index (χ3v) is 4.97. The average Bonchev–Trinajstić information content (AvgIpc) is 2.96. The van der Waals surface area contributed by atoms with Crippen LogP contribution >= 0.6 is 0 Å². The van der Waals surface area contributed by atoms with Gasteiger partial charge in [0.1, 0.15) is 6.04 Å². The first-order chi connectivity index (χ1) is 11.1. The van der Waals surface area contributed by atoms with Crippen LogP contribution < -0.4 is 5.32 Å². The standard InChI is InChI=1S/C18H32N2O4/c1-6-18(7-2,16(23)24)12-19-15(22)13-9-8-10-20(13)14(21)11-17(3,4)5/h13H,6-12H2,1-5H3,(H,19,22)(H,23,24). The van der Waals surface area contributed by atoms with E-state index in [2.05, 4.69) is 5.32 Å². The number of carbonyl (C=O) groups excluding carboxylic acids is 2. The van der Waals surface area contributed by atoms with Crippen LogP contribution in [0, 0.1) is 10.8 Å². The maximum atomic E-state index is 12.5. The van der Waals surface area contributed by atoms with Crippen LogP contribution in [0.15, 0.2) is 0 Å². The molecule has 1 aliphatic rings. The highest BCUT2D eigenvalue weighted by Crippen LogP contribution is 2.27. The lowest BCUT2D eigenvalue weighted by molar-refractivity contribution is -0.150. The molecule has 1 rings (SSSR count). The first-order valence-corrected chi connectivity index (χ1v) is 8.87. The van der Waals surface area contributed by atoms with E-state index in [1.165, 1.54) is 0 Å². The topological polar surface area (TPSA) is 86.7 Å². The van der Waals surface area contributed by atoms with Crippen LogP contribution in [0.1, 0.15) is 66.7 Å². The van der Waals surface area contributed by atoms with Crippen molar-refractivity contribution >= 4 is 17.8 Å². The highest BCUT2D eigenvalue weighted by Gasteiger charge is 2.38. The van der Waals surface area contributed by atoms with Crippen molar-refractivity contribution in [1.82, 2.24) is 10.2 Å². The molecule has 2 N–H and O–H groups in total. The lowest BCUT2D eigenvalue weighted by Crippen LogP contribution is -2.50. The van der Waals surface area contributed by atoms with Crippen LogP contribution in [0.2, 0.25) is 0 Å². The minimum atomic E-state index is -0.936. The maximum absolute atomic E-state index is 12.5. The lowest BCUT2D eigenvalue weighted by Gasteiger charge is -2.30. The van der Waals surface area contributed by atoms with Crippen molar-refractivity contribution in [3.63, 3.8) is 0 Å². The molecule has 1 aliphatic heterocycles. The largest absolute Gasteiger partial charge is 0.481 e. The van der Waals surface area contributed by atoms with E-state index in [0.29, 0.717) is 32.2 Å². The van der Waals surface area contributed by atoms with Crippen molar-refractivity contribution < 1.29 is 19.5 Å². The molecule has 24 heavy (non-hydrogen) atoms. The van der Waals surface area contributed by atoms with Gasteiger partial charge < -0.3 is 15.3 Å². The summed E-state index contributed by atoms with van der Waals surface area (Å²) >= 11 is 0. The second kappa shape index (κ2) is 7.99. The Balaban J connectivity index is 2.72. The van der Waals surface area contributed by atoms with Gasteiger partial charge in [0, 0.05) is 19.5 Å². The van der Waals surface area contributed by atoms with Crippen LogP contribution in [-0.2, 0) is 14.4 Å². The summed E-state index contributed by atoms with van der Waals surface area (Å²) in [5.74, 6) is -1.13. The van der Waals surface area contributed by atoms with Crippen LogP contribution in [0.4, 0.5) is 0 Å². The molecule has 0 spiro atoms. The van der Waals surface area contributed by atoms with Crippen LogP contribution in [-0.4, -0.2) is 46.9 Å². The molecule has 1 heterocycles. The number of amides is 2. The molecule has 0 aliphatic carbocycles. The highest BCUT2D eigenvalue weighted by atomic mass is 16.4. The van der Waals surface area contributed by atoms with E-state index in [1.807, 2.05) is 34.6 Å². The predicted octanol–water partition coefficient (Wildman–Crippen LogP) is 2.42. The Morgan fingerprint density at radius 2 is 1.75 bits per heavy atom. The fourth-order valence-corrected chi connectivity index (χ4v) is 3.15. The van der Waals surface area contributed by atoms with Gasteiger partial charge >= 0.3 is 5.97 Å². The molecule has 1 unspecified atom stereocenters. The van der Waals surface area contributed by atoms with Crippen molar-refractivity contribution in [2.45, 2.75) is 72.8 Å². The maximum Gasteiger partial charge on any atom is 0.311 e. The van der Waals surface area contributed by atoms with Gasteiger partial charge in [0.15, 0.2) is 0 Å². The number of carbonyl (C=O) groups is 3. The quantitative estimate of drug-likeness (QED) is 0.745. The van der Waals surface area contributed by atoms with Gasteiger partial charge in [0.05, 0.1) is 5.41 Å². The molecule has 0 aromatic rings. The Morgan fingerprint density at radius 1 is 1.17 bits per heavy atom. The minimum absolute atomic E-state index is 0.00405. The molecule has 138 valence electrons. The molecule has 2 amide bonds. The second-order valence-corrected chi connectivity index (χ2v) is 7.99. The summed E-state index contributed by atoms with van der Waals surface area (Å²) in [5, 5.41) is 12.2. The Labute approximate surface area is 145 Å². The number of nitrogens with one attached hydrogen (secondary N) is 1. The Bertz CT molecular complexity index is 478. The van der Waals surface area contributed by atoms with Gasteiger partial charge in [-0.25, -0.2) is 0 Å². The number of carboxylic acids is 1. The summed E-state index contributed by atoms with van der Waals surface area (Å²) < 4.78 is 0. The SMILES string of the molecule is CCC(CC)(CNC(=O)C1CCCN1C(=O)CC(C)(C)C)C(=O)O. The molecular weight excluding hydrogens is 308 g/mol. The van der Waals surface area contributed by atoms with Crippen molar-refractivity contribution in [2.24, 2.45) is 10.8 Å². The van der Waals surface area contributed by atoms with Gasteiger partial charge in [-0.05, 0) is 31.1 Å². The average molecular weight is 340 g/mol.